The van der Waals surface area contributed by atoms with Gasteiger partial charge in [0.25, 0.3) is 0 Å². The maximum Gasteiger partial charge on any atom is 0.198 e. The summed E-state index contributed by atoms with van der Waals surface area (Å²) in [5.74, 6) is 0.996. The Morgan fingerprint density at radius 1 is 1.41 bits per heavy atom. The van der Waals surface area contributed by atoms with Crippen LogP contribution in [0.2, 0.25) is 0 Å². The Morgan fingerprint density at radius 3 is 2.82 bits per heavy atom. The third-order valence-corrected chi connectivity index (χ3v) is 4.73. The highest BCUT2D eigenvalue weighted by atomic mass is 127. The molecule has 1 aliphatic carbocycles. The summed E-state index contributed by atoms with van der Waals surface area (Å²) in [6.07, 6.45) is 3.82. The SMILES string of the molecule is CN=C(NCC(C)N(C)C1CC1)N1CCc2ccccc21.I. The molecule has 1 N–H and O–H groups in total. The smallest absolute Gasteiger partial charge is 0.198 e. The molecule has 1 aromatic rings. The van der Waals surface area contributed by atoms with Crippen molar-refractivity contribution < 1.29 is 0 Å². The number of fused-ring (bicyclic) bond motifs is 1. The van der Waals surface area contributed by atoms with Gasteiger partial charge in [0.15, 0.2) is 5.96 Å². The number of halogens is 1. The lowest BCUT2D eigenvalue weighted by Gasteiger charge is -2.28. The van der Waals surface area contributed by atoms with E-state index in [9.17, 15) is 0 Å². The largest absolute Gasteiger partial charge is 0.354 e. The maximum atomic E-state index is 4.47. The topological polar surface area (TPSA) is 30.9 Å². The molecule has 0 bridgehead atoms. The molecule has 2 aliphatic rings. The summed E-state index contributed by atoms with van der Waals surface area (Å²) in [6.45, 7) is 4.25. The quantitative estimate of drug-likeness (QED) is 0.467. The number of anilines is 1. The van der Waals surface area contributed by atoms with E-state index in [2.05, 4.69) is 58.3 Å². The number of guanidine groups is 1. The Balaban J connectivity index is 0.00000176. The highest BCUT2D eigenvalue weighted by Crippen LogP contribution is 2.28. The van der Waals surface area contributed by atoms with Gasteiger partial charge in [0.2, 0.25) is 0 Å². The van der Waals surface area contributed by atoms with Crippen LogP contribution in [-0.4, -0.2) is 50.1 Å². The van der Waals surface area contributed by atoms with Crippen molar-refractivity contribution in [1.82, 2.24) is 10.2 Å². The van der Waals surface area contributed by atoms with E-state index in [1.165, 1.54) is 24.1 Å². The summed E-state index contributed by atoms with van der Waals surface area (Å²) in [7, 11) is 4.11. The second-order valence-corrected chi connectivity index (χ2v) is 6.20. The number of para-hydroxylation sites is 1. The Kier molecular flexibility index (Phi) is 6.09. The molecular weight excluding hydrogens is 387 g/mol. The summed E-state index contributed by atoms with van der Waals surface area (Å²) in [5, 5.41) is 3.55. The van der Waals surface area contributed by atoms with E-state index < -0.39 is 0 Å². The predicted molar refractivity (Wildman–Crippen MR) is 105 cm³/mol. The molecule has 1 fully saturated rings. The Bertz CT molecular complexity index is 527. The second-order valence-electron chi connectivity index (χ2n) is 6.20. The van der Waals surface area contributed by atoms with Crippen LogP contribution in [0.25, 0.3) is 0 Å². The fourth-order valence-corrected chi connectivity index (χ4v) is 3.08. The Morgan fingerprint density at radius 2 is 2.14 bits per heavy atom. The van der Waals surface area contributed by atoms with Crippen molar-refractivity contribution in [3.05, 3.63) is 29.8 Å². The number of benzene rings is 1. The molecule has 0 saturated heterocycles. The van der Waals surface area contributed by atoms with E-state index in [0.717, 1.165) is 31.5 Å². The van der Waals surface area contributed by atoms with Crippen molar-refractivity contribution in [2.75, 3.05) is 32.1 Å². The molecule has 1 aliphatic heterocycles. The zero-order chi connectivity index (χ0) is 14.8. The summed E-state index contributed by atoms with van der Waals surface area (Å²) < 4.78 is 0. The zero-order valence-corrected chi connectivity index (χ0v) is 16.1. The lowest BCUT2D eigenvalue weighted by Crippen LogP contribution is -2.46. The first-order valence-corrected chi connectivity index (χ1v) is 7.98. The summed E-state index contributed by atoms with van der Waals surface area (Å²) >= 11 is 0. The molecule has 1 atom stereocenters. The van der Waals surface area contributed by atoms with Gasteiger partial charge >= 0.3 is 0 Å². The highest BCUT2D eigenvalue weighted by molar-refractivity contribution is 14.0. The third-order valence-electron chi connectivity index (χ3n) is 4.73. The first-order valence-electron chi connectivity index (χ1n) is 7.98. The van der Waals surface area contributed by atoms with Crippen LogP contribution in [0, 0.1) is 0 Å². The third kappa shape index (κ3) is 3.74. The average Bonchev–Trinajstić information content (AvgIpc) is 3.28. The molecule has 1 saturated carbocycles. The van der Waals surface area contributed by atoms with Crippen LogP contribution in [0.5, 0.6) is 0 Å². The molecule has 122 valence electrons. The highest BCUT2D eigenvalue weighted by Gasteiger charge is 2.29. The Labute approximate surface area is 151 Å². The minimum absolute atomic E-state index is 0. The van der Waals surface area contributed by atoms with Gasteiger partial charge in [0.1, 0.15) is 0 Å². The standard InChI is InChI=1S/C17H26N4.HI/c1-13(20(3)15-8-9-15)12-19-17(18-2)21-11-10-14-6-4-5-7-16(14)21;/h4-7,13,15H,8-12H2,1-3H3,(H,18,19);1H. The minimum atomic E-state index is 0. The zero-order valence-electron chi connectivity index (χ0n) is 13.7. The molecule has 1 heterocycles. The maximum absolute atomic E-state index is 4.47. The fraction of sp³-hybridized carbons (Fsp3) is 0.588. The molecule has 4 nitrogen and oxygen atoms in total. The van der Waals surface area contributed by atoms with Gasteiger partial charge in [-0.2, -0.15) is 0 Å². The van der Waals surface area contributed by atoms with Gasteiger partial charge in [0.05, 0.1) is 0 Å². The molecule has 0 radical (unpaired) electrons. The number of hydrogen-bond donors (Lipinski definition) is 1. The van der Waals surface area contributed by atoms with E-state index in [0.29, 0.717) is 6.04 Å². The van der Waals surface area contributed by atoms with E-state index in [-0.39, 0.29) is 24.0 Å². The monoisotopic (exact) mass is 414 g/mol. The van der Waals surface area contributed by atoms with Gasteiger partial charge in [-0.25, -0.2) is 0 Å². The van der Waals surface area contributed by atoms with E-state index in [1.807, 2.05) is 7.05 Å². The first kappa shape index (κ1) is 17.5. The van der Waals surface area contributed by atoms with Gasteiger partial charge in [-0.1, -0.05) is 18.2 Å². The number of nitrogens with one attached hydrogen (secondary N) is 1. The number of rotatable bonds is 4. The van der Waals surface area contributed by atoms with Crippen LogP contribution >= 0.6 is 24.0 Å². The van der Waals surface area contributed by atoms with Crippen molar-refractivity contribution in [3.8, 4) is 0 Å². The second kappa shape index (κ2) is 7.64. The van der Waals surface area contributed by atoms with Crippen LogP contribution in [0.1, 0.15) is 25.3 Å². The summed E-state index contributed by atoms with van der Waals surface area (Å²) in [5.41, 5.74) is 2.72. The lowest BCUT2D eigenvalue weighted by molar-refractivity contribution is 0.247. The van der Waals surface area contributed by atoms with Crippen molar-refractivity contribution in [2.24, 2.45) is 4.99 Å². The van der Waals surface area contributed by atoms with Crippen molar-refractivity contribution in [1.29, 1.82) is 0 Å². The normalized spacial score (nSPS) is 18.9. The molecule has 5 heteroatoms. The van der Waals surface area contributed by atoms with Gasteiger partial charge in [-0.3, -0.25) is 9.89 Å². The molecule has 22 heavy (non-hydrogen) atoms. The molecule has 0 spiro atoms. The predicted octanol–water partition coefficient (Wildman–Crippen LogP) is 2.73. The number of aliphatic imine (C=N–C) groups is 1. The lowest BCUT2D eigenvalue weighted by atomic mass is 10.2. The van der Waals surface area contributed by atoms with Gasteiger partial charge < -0.3 is 10.2 Å². The number of likely N-dealkylation sites (N-methyl/N-ethyl adjacent to an activating group) is 1. The van der Waals surface area contributed by atoms with Crippen LogP contribution in [0.4, 0.5) is 5.69 Å². The van der Waals surface area contributed by atoms with Crippen LogP contribution in [0.15, 0.2) is 29.3 Å². The van der Waals surface area contributed by atoms with E-state index in [4.69, 9.17) is 0 Å². The molecule has 3 rings (SSSR count). The van der Waals surface area contributed by atoms with Crippen molar-refractivity contribution in [2.45, 2.75) is 38.3 Å². The van der Waals surface area contributed by atoms with Gasteiger partial charge in [0, 0.05) is 37.9 Å². The Hall–Kier alpha value is -0.820. The number of nitrogens with zero attached hydrogens (tertiary/aromatic N) is 3. The average molecular weight is 414 g/mol. The van der Waals surface area contributed by atoms with Crippen LogP contribution in [0.3, 0.4) is 0 Å². The molecular formula is C17H27IN4. The molecule has 1 aromatic carbocycles. The van der Waals surface area contributed by atoms with Crippen LogP contribution in [-0.2, 0) is 6.42 Å². The summed E-state index contributed by atoms with van der Waals surface area (Å²) in [6, 6.07) is 9.96. The fourth-order valence-electron chi connectivity index (χ4n) is 3.08. The minimum Gasteiger partial charge on any atom is -0.354 e. The van der Waals surface area contributed by atoms with Crippen LogP contribution < -0.4 is 10.2 Å². The van der Waals surface area contributed by atoms with Crippen molar-refractivity contribution in [3.63, 3.8) is 0 Å². The van der Waals surface area contributed by atoms with Gasteiger partial charge in [-0.05, 0) is 44.9 Å². The van der Waals surface area contributed by atoms with E-state index in [1.54, 1.807) is 0 Å². The number of hydrogen-bond acceptors (Lipinski definition) is 2. The van der Waals surface area contributed by atoms with Crippen molar-refractivity contribution >= 4 is 35.6 Å². The molecule has 1 unspecified atom stereocenters. The first-order chi connectivity index (χ1) is 10.2. The molecule has 0 amide bonds. The molecule has 0 aromatic heterocycles. The van der Waals surface area contributed by atoms with Gasteiger partial charge in [-0.15, -0.1) is 24.0 Å². The van der Waals surface area contributed by atoms with E-state index >= 15 is 0 Å². The summed E-state index contributed by atoms with van der Waals surface area (Å²) in [4.78, 5) is 9.26.